The van der Waals surface area contributed by atoms with Gasteiger partial charge in [0, 0.05) is 0 Å². The van der Waals surface area contributed by atoms with Gasteiger partial charge in [-0.2, -0.15) is 0 Å². The molecule has 0 bridgehead atoms. The molecule has 0 unspecified atom stereocenters. The van der Waals surface area contributed by atoms with Gasteiger partial charge in [0.15, 0.2) is 6.73 Å². The van der Waals surface area contributed by atoms with Crippen LogP contribution in [-0.4, -0.2) is 11.2 Å². The molecule has 17 heavy (non-hydrogen) atoms. The van der Waals surface area contributed by atoms with Gasteiger partial charge in [-0.1, -0.05) is 30.3 Å². The number of hydrogen-bond acceptors (Lipinski definition) is 1. The zero-order valence-electron chi connectivity index (χ0n) is 10.2. The van der Waals surface area contributed by atoms with Crippen molar-refractivity contribution < 1.29 is 9.30 Å². The SMILES string of the molecule is C[n+]1ccn(COCCCc2ccccc2)c1. The summed E-state index contributed by atoms with van der Waals surface area (Å²) in [5.74, 6) is 0. The van der Waals surface area contributed by atoms with E-state index in [0.29, 0.717) is 6.73 Å². The third-order valence-corrected chi connectivity index (χ3v) is 2.66. The topological polar surface area (TPSA) is 18.0 Å². The van der Waals surface area contributed by atoms with Gasteiger partial charge in [-0.15, -0.1) is 0 Å². The molecule has 0 saturated heterocycles. The third-order valence-electron chi connectivity index (χ3n) is 2.66. The van der Waals surface area contributed by atoms with Crippen LogP contribution in [-0.2, 0) is 24.9 Å². The summed E-state index contributed by atoms with van der Waals surface area (Å²) in [6.07, 6.45) is 8.18. The lowest BCUT2D eigenvalue weighted by molar-refractivity contribution is -0.671. The zero-order chi connectivity index (χ0) is 11.9. The second-order valence-corrected chi connectivity index (χ2v) is 4.22. The van der Waals surface area contributed by atoms with Crippen molar-refractivity contribution in [3.8, 4) is 0 Å². The van der Waals surface area contributed by atoms with Crippen molar-refractivity contribution in [1.29, 1.82) is 0 Å². The van der Waals surface area contributed by atoms with Gasteiger partial charge in [-0.3, -0.25) is 0 Å². The molecule has 2 rings (SSSR count). The second kappa shape index (κ2) is 6.21. The van der Waals surface area contributed by atoms with E-state index in [9.17, 15) is 0 Å². The monoisotopic (exact) mass is 231 g/mol. The fraction of sp³-hybridized carbons (Fsp3) is 0.357. The van der Waals surface area contributed by atoms with Crippen molar-refractivity contribution in [2.45, 2.75) is 19.6 Å². The fourth-order valence-corrected chi connectivity index (χ4v) is 1.77. The number of rotatable bonds is 6. The molecule has 0 atom stereocenters. The first kappa shape index (κ1) is 11.9. The first-order valence-corrected chi connectivity index (χ1v) is 5.97. The highest BCUT2D eigenvalue weighted by Crippen LogP contribution is 2.02. The lowest BCUT2D eigenvalue weighted by Crippen LogP contribution is -2.23. The molecule has 0 fully saturated rings. The Balaban J connectivity index is 1.61. The minimum atomic E-state index is 0.635. The minimum Gasteiger partial charge on any atom is -0.342 e. The molecule has 1 aromatic carbocycles. The molecule has 0 aliphatic heterocycles. The summed E-state index contributed by atoms with van der Waals surface area (Å²) < 4.78 is 9.64. The Labute approximate surface area is 102 Å². The van der Waals surface area contributed by atoms with E-state index in [1.54, 1.807) is 0 Å². The third kappa shape index (κ3) is 4.04. The van der Waals surface area contributed by atoms with E-state index in [-0.39, 0.29) is 0 Å². The normalized spacial score (nSPS) is 10.6. The van der Waals surface area contributed by atoms with E-state index in [1.807, 2.05) is 41.0 Å². The van der Waals surface area contributed by atoms with Crippen LogP contribution in [0.5, 0.6) is 0 Å². The van der Waals surface area contributed by atoms with Gasteiger partial charge in [0.1, 0.15) is 12.4 Å². The summed E-state index contributed by atoms with van der Waals surface area (Å²) in [6, 6.07) is 10.5. The molecule has 90 valence electrons. The summed E-state index contributed by atoms with van der Waals surface area (Å²) in [6.45, 7) is 1.44. The molecule has 1 heterocycles. The number of ether oxygens (including phenoxy) is 1. The average Bonchev–Trinajstić information content (AvgIpc) is 2.76. The number of imidazole rings is 1. The van der Waals surface area contributed by atoms with Crippen LogP contribution in [0.3, 0.4) is 0 Å². The minimum absolute atomic E-state index is 0.635. The maximum atomic E-state index is 5.60. The molecule has 1 aromatic heterocycles. The van der Waals surface area contributed by atoms with Crippen molar-refractivity contribution in [3.63, 3.8) is 0 Å². The van der Waals surface area contributed by atoms with Crippen LogP contribution in [0.25, 0.3) is 0 Å². The maximum Gasteiger partial charge on any atom is 0.245 e. The molecule has 3 heteroatoms. The number of benzene rings is 1. The molecule has 0 saturated carbocycles. The smallest absolute Gasteiger partial charge is 0.245 e. The highest BCUT2D eigenvalue weighted by molar-refractivity contribution is 5.14. The Hall–Kier alpha value is -1.61. The van der Waals surface area contributed by atoms with Crippen LogP contribution in [0.15, 0.2) is 49.1 Å². The van der Waals surface area contributed by atoms with Crippen molar-refractivity contribution in [1.82, 2.24) is 4.57 Å². The van der Waals surface area contributed by atoms with Gasteiger partial charge in [0.2, 0.25) is 6.33 Å². The number of hydrogen-bond donors (Lipinski definition) is 0. The quantitative estimate of drug-likeness (QED) is 0.548. The van der Waals surface area contributed by atoms with Gasteiger partial charge >= 0.3 is 0 Å². The molecule has 3 nitrogen and oxygen atoms in total. The number of nitrogens with zero attached hydrogens (tertiary/aromatic N) is 2. The second-order valence-electron chi connectivity index (χ2n) is 4.22. The van der Waals surface area contributed by atoms with Crippen molar-refractivity contribution >= 4 is 0 Å². The van der Waals surface area contributed by atoms with Crippen LogP contribution >= 0.6 is 0 Å². The summed E-state index contributed by atoms with van der Waals surface area (Å²) >= 11 is 0. The van der Waals surface area contributed by atoms with Gasteiger partial charge in [-0.05, 0) is 18.4 Å². The summed E-state index contributed by atoms with van der Waals surface area (Å²) in [7, 11) is 2.01. The molecule has 2 aromatic rings. The maximum absolute atomic E-state index is 5.60. The Kier molecular flexibility index (Phi) is 4.33. The van der Waals surface area contributed by atoms with E-state index in [2.05, 4.69) is 24.3 Å². The Morgan fingerprint density at radius 1 is 1.24 bits per heavy atom. The van der Waals surface area contributed by atoms with E-state index < -0.39 is 0 Å². The zero-order valence-corrected chi connectivity index (χ0v) is 10.2. The molecule has 0 spiro atoms. The largest absolute Gasteiger partial charge is 0.342 e. The van der Waals surface area contributed by atoms with Gasteiger partial charge in [0.25, 0.3) is 0 Å². The van der Waals surface area contributed by atoms with Gasteiger partial charge < -0.3 is 4.74 Å². The van der Waals surface area contributed by atoms with E-state index in [0.717, 1.165) is 19.4 Å². The predicted molar refractivity (Wildman–Crippen MR) is 66.3 cm³/mol. The summed E-state index contributed by atoms with van der Waals surface area (Å²) in [5.41, 5.74) is 1.38. The van der Waals surface area contributed by atoms with Gasteiger partial charge in [-0.25, -0.2) is 9.13 Å². The van der Waals surface area contributed by atoms with E-state index >= 15 is 0 Å². The van der Waals surface area contributed by atoms with Crippen LogP contribution in [0.1, 0.15) is 12.0 Å². The Morgan fingerprint density at radius 3 is 2.76 bits per heavy atom. The van der Waals surface area contributed by atoms with Crippen LogP contribution in [0.2, 0.25) is 0 Å². The highest BCUT2D eigenvalue weighted by Gasteiger charge is 1.99. The summed E-state index contributed by atoms with van der Waals surface area (Å²) in [5, 5.41) is 0. The van der Waals surface area contributed by atoms with E-state index in [4.69, 9.17) is 4.74 Å². The van der Waals surface area contributed by atoms with E-state index in [1.165, 1.54) is 5.56 Å². The standard InChI is InChI=1S/C14H19N2O/c1-15-9-10-16(12-15)13-17-11-5-8-14-6-3-2-4-7-14/h2-4,6-7,9-10,12H,5,8,11,13H2,1H3/q+1. The lowest BCUT2D eigenvalue weighted by atomic mass is 10.1. The molecule has 0 aliphatic carbocycles. The highest BCUT2D eigenvalue weighted by atomic mass is 16.5. The molecule has 0 N–H and O–H groups in total. The lowest BCUT2D eigenvalue weighted by Gasteiger charge is -2.02. The first-order chi connectivity index (χ1) is 8.34. The van der Waals surface area contributed by atoms with Crippen molar-refractivity contribution in [2.75, 3.05) is 6.61 Å². The van der Waals surface area contributed by atoms with Crippen LogP contribution in [0.4, 0.5) is 0 Å². The molecular formula is C14H19N2O+. The fourth-order valence-electron chi connectivity index (χ4n) is 1.77. The molecule has 0 amide bonds. The first-order valence-electron chi connectivity index (χ1n) is 5.97. The van der Waals surface area contributed by atoms with Crippen LogP contribution in [0, 0.1) is 0 Å². The van der Waals surface area contributed by atoms with Crippen molar-refractivity contribution in [3.05, 3.63) is 54.6 Å². The Bertz CT molecular complexity index is 436. The number of aryl methyl sites for hydroxylation is 2. The predicted octanol–water partition coefficient (Wildman–Crippen LogP) is 1.92. The van der Waals surface area contributed by atoms with Crippen molar-refractivity contribution in [2.24, 2.45) is 7.05 Å². The molecule has 0 aliphatic rings. The summed E-state index contributed by atoms with van der Waals surface area (Å²) in [4.78, 5) is 0. The molecular weight excluding hydrogens is 212 g/mol. The Morgan fingerprint density at radius 2 is 2.06 bits per heavy atom. The average molecular weight is 231 g/mol. The molecule has 0 radical (unpaired) electrons. The van der Waals surface area contributed by atoms with Crippen LogP contribution < -0.4 is 4.57 Å². The number of aromatic nitrogens is 2. The van der Waals surface area contributed by atoms with Gasteiger partial charge in [0.05, 0.1) is 13.7 Å².